The second-order valence-corrected chi connectivity index (χ2v) is 5.88. The van der Waals surface area contributed by atoms with Gasteiger partial charge in [-0.05, 0) is 47.7 Å². The van der Waals surface area contributed by atoms with Crippen LogP contribution in [0.3, 0.4) is 0 Å². The molecule has 0 unspecified atom stereocenters. The number of aromatic nitrogens is 1. The van der Waals surface area contributed by atoms with Gasteiger partial charge in [0, 0.05) is 17.2 Å². The molecule has 3 aromatic rings. The summed E-state index contributed by atoms with van der Waals surface area (Å²) in [4.78, 5) is 0. The maximum atomic E-state index is 5.73. The second kappa shape index (κ2) is 5.81. The summed E-state index contributed by atoms with van der Waals surface area (Å²) in [6.07, 6.45) is 3.07. The van der Waals surface area contributed by atoms with Crippen molar-refractivity contribution in [3.63, 3.8) is 0 Å². The van der Waals surface area contributed by atoms with E-state index in [-0.39, 0.29) is 0 Å². The molecular weight excluding hydrogens is 312 g/mol. The SMILES string of the molecule is NCCc1cccc2ccn(Cc3cccc(Br)c3)c12. The molecule has 0 radical (unpaired) electrons. The van der Waals surface area contributed by atoms with Crippen molar-refractivity contribution in [2.24, 2.45) is 5.73 Å². The molecule has 2 nitrogen and oxygen atoms in total. The fraction of sp³-hybridized carbons (Fsp3) is 0.176. The molecule has 0 atom stereocenters. The minimum Gasteiger partial charge on any atom is -0.343 e. The first-order chi connectivity index (χ1) is 9.78. The maximum absolute atomic E-state index is 5.73. The molecule has 0 spiro atoms. The lowest BCUT2D eigenvalue weighted by Gasteiger charge is -2.10. The van der Waals surface area contributed by atoms with Crippen LogP contribution < -0.4 is 5.73 Å². The molecule has 0 saturated carbocycles. The zero-order chi connectivity index (χ0) is 13.9. The van der Waals surface area contributed by atoms with Gasteiger partial charge in [-0.1, -0.05) is 46.3 Å². The number of fused-ring (bicyclic) bond motifs is 1. The number of hydrogen-bond donors (Lipinski definition) is 1. The van der Waals surface area contributed by atoms with Crippen molar-refractivity contribution in [3.05, 3.63) is 70.3 Å². The Morgan fingerprint density at radius 2 is 1.90 bits per heavy atom. The highest BCUT2D eigenvalue weighted by atomic mass is 79.9. The molecule has 102 valence electrons. The van der Waals surface area contributed by atoms with Crippen LogP contribution in [0.2, 0.25) is 0 Å². The molecule has 0 bridgehead atoms. The van der Waals surface area contributed by atoms with Gasteiger partial charge in [0.25, 0.3) is 0 Å². The Morgan fingerprint density at radius 1 is 1.05 bits per heavy atom. The standard InChI is InChI=1S/C17H17BrN2/c18-16-6-1-3-13(11-16)12-20-10-8-15-5-2-4-14(7-9-19)17(15)20/h1-6,8,10-11H,7,9,12,19H2. The lowest BCUT2D eigenvalue weighted by Crippen LogP contribution is -2.05. The molecule has 0 fully saturated rings. The van der Waals surface area contributed by atoms with E-state index < -0.39 is 0 Å². The van der Waals surface area contributed by atoms with E-state index >= 15 is 0 Å². The Balaban J connectivity index is 2.03. The lowest BCUT2D eigenvalue weighted by atomic mass is 10.1. The molecule has 3 rings (SSSR count). The summed E-state index contributed by atoms with van der Waals surface area (Å²) < 4.78 is 3.43. The highest BCUT2D eigenvalue weighted by Crippen LogP contribution is 2.22. The molecule has 2 aromatic carbocycles. The van der Waals surface area contributed by atoms with E-state index in [1.165, 1.54) is 22.0 Å². The number of nitrogens with zero attached hydrogens (tertiary/aromatic N) is 1. The fourth-order valence-electron chi connectivity index (χ4n) is 2.66. The largest absolute Gasteiger partial charge is 0.343 e. The number of rotatable bonds is 4. The number of nitrogens with two attached hydrogens (primary N) is 1. The molecule has 3 heteroatoms. The number of hydrogen-bond acceptors (Lipinski definition) is 1. The first-order valence-corrected chi connectivity index (χ1v) is 7.58. The molecule has 1 aromatic heterocycles. The maximum Gasteiger partial charge on any atom is 0.0516 e. The molecule has 0 amide bonds. The quantitative estimate of drug-likeness (QED) is 0.772. The average molecular weight is 329 g/mol. The van der Waals surface area contributed by atoms with Crippen molar-refractivity contribution in [2.45, 2.75) is 13.0 Å². The predicted octanol–water partition coefficient (Wildman–Crippen LogP) is 3.95. The van der Waals surface area contributed by atoms with E-state index in [1.54, 1.807) is 0 Å². The fourth-order valence-corrected chi connectivity index (χ4v) is 3.11. The third kappa shape index (κ3) is 2.65. The van der Waals surface area contributed by atoms with Crippen molar-refractivity contribution in [3.8, 4) is 0 Å². The Hall–Kier alpha value is -1.58. The third-order valence-corrected chi connectivity index (χ3v) is 4.02. The van der Waals surface area contributed by atoms with Gasteiger partial charge in [0.1, 0.15) is 0 Å². The van der Waals surface area contributed by atoms with E-state index in [9.17, 15) is 0 Å². The number of para-hydroxylation sites is 1. The summed E-state index contributed by atoms with van der Waals surface area (Å²) in [5.74, 6) is 0. The Kier molecular flexibility index (Phi) is 3.90. The molecule has 0 aliphatic rings. The lowest BCUT2D eigenvalue weighted by molar-refractivity contribution is 0.827. The molecule has 2 N–H and O–H groups in total. The Bertz CT molecular complexity index is 731. The molecule has 0 saturated heterocycles. The van der Waals surface area contributed by atoms with Gasteiger partial charge < -0.3 is 10.3 Å². The van der Waals surface area contributed by atoms with Gasteiger partial charge in [-0.25, -0.2) is 0 Å². The van der Waals surface area contributed by atoms with Gasteiger partial charge in [-0.15, -0.1) is 0 Å². The third-order valence-electron chi connectivity index (χ3n) is 3.53. The van der Waals surface area contributed by atoms with Crippen molar-refractivity contribution >= 4 is 26.8 Å². The monoisotopic (exact) mass is 328 g/mol. The van der Waals surface area contributed by atoms with Crippen molar-refractivity contribution in [2.75, 3.05) is 6.54 Å². The Labute approximate surface area is 127 Å². The van der Waals surface area contributed by atoms with Crippen LogP contribution in [0.5, 0.6) is 0 Å². The topological polar surface area (TPSA) is 30.9 Å². The summed E-state index contributed by atoms with van der Waals surface area (Å²) >= 11 is 3.53. The van der Waals surface area contributed by atoms with Crippen LogP contribution in [0.4, 0.5) is 0 Å². The zero-order valence-corrected chi connectivity index (χ0v) is 12.8. The van der Waals surface area contributed by atoms with Crippen LogP contribution >= 0.6 is 15.9 Å². The van der Waals surface area contributed by atoms with Crippen molar-refractivity contribution in [1.29, 1.82) is 0 Å². The van der Waals surface area contributed by atoms with Gasteiger partial charge in [-0.3, -0.25) is 0 Å². The molecular formula is C17H17BrN2. The van der Waals surface area contributed by atoms with E-state index in [0.29, 0.717) is 6.54 Å². The van der Waals surface area contributed by atoms with E-state index in [1.807, 2.05) is 0 Å². The van der Waals surface area contributed by atoms with Gasteiger partial charge in [-0.2, -0.15) is 0 Å². The van der Waals surface area contributed by atoms with Crippen LogP contribution in [0.1, 0.15) is 11.1 Å². The van der Waals surface area contributed by atoms with E-state index in [4.69, 9.17) is 5.73 Å². The molecule has 20 heavy (non-hydrogen) atoms. The van der Waals surface area contributed by atoms with Crippen molar-refractivity contribution in [1.82, 2.24) is 4.57 Å². The zero-order valence-electron chi connectivity index (χ0n) is 11.2. The Morgan fingerprint density at radius 3 is 2.70 bits per heavy atom. The summed E-state index contributed by atoms with van der Waals surface area (Å²) in [5.41, 5.74) is 9.65. The summed E-state index contributed by atoms with van der Waals surface area (Å²) in [5, 5.41) is 1.28. The second-order valence-electron chi connectivity index (χ2n) is 4.97. The average Bonchev–Trinajstić information content (AvgIpc) is 2.84. The summed E-state index contributed by atoms with van der Waals surface area (Å²) in [6.45, 7) is 1.56. The molecule has 0 aliphatic heterocycles. The van der Waals surface area contributed by atoms with Crippen LogP contribution in [0, 0.1) is 0 Å². The normalized spacial score (nSPS) is 11.1. The van der Waals surface area contributed by atoms with Crippen LogP contribution in [-0.2, 0) is 13.0 Å². The molecule has 0 aliphatic carbocycles. The van der Waals surface area contributed by atoms with Crippen molar-refractivity contribution < 1.29 is 0 Å². The minimum atomic E-state index is 0.682. The first-order valence-electron chi connectivity index (χ1n) is 6.79. The van der Waals surface area contributed by atoms with Gasteiger partial charge in [0.2, 0.25) is 0 Å². The highest BCUT2D eigenvalue weighted by Gasteiger charge is 2.06. The van der Waals surface area contributed by atoms with Crippen LogP contribution in [0.15, 0.2) is 59.2 Å². The number of halogens is 1. The molecule has 1 heterocycles. The van der Waals surface area contributed by atoms with E-state index in [0.717, 1.165) is 17.4 Å². The first kappa shape index (κ1) is 13.4. The predicted molar refractivity (Wildman–Crippen MR) is 87.9 cm³/mol. The minimum absolute atomic E-state index is 0.682. The van der Waals surface area contributed by atoms with Crippen LogP contribution in [-0.4, -0.2) is 11.1 Å². The highest BCUT2D eigenvalue weighted by molar-refractivity contribution is 9.10. The summed E-state index contributed by atoms with van der Waals surface area (Å²) in [7, 11) is 0. The summed E-state index contributed by atoms with van der Waals surface area (Å²) in [6, 6.07) is 17.1. The number of benzene rings is 2. The van der Waals surface area contributed by atoms with Crippen LogP contribution in [0.25, 0.3) is 10.9 Å². The smallest absolute Gasteiger partial charge is 0.0516 e. The van der Waals surface area contributed by atoms with E-state index in [2.05, 4.69) is 75.2 Å². The van der Waals surface area contributed by atoms with Gasteiger partial charge >= 0.3 is 0 Å². The van der Waals surface area contributed by atoms with Gasteiger partial charge in [0.15, 0.2) is 0 Å². The van der Waals surface area contributed by atoms with Gasteiger partial charge in [0.05, 0.1) is 5.52 Å².